The molecule has 0 radical (unpaired) electrons. The number of fused-ring (bicyclic) bond motifs is 1. The summed E-state index contributed by atoms with van der Waals surface area (Å²) < 4.78 is 5.77. The summed E-state index contributed by atoms with van der Waals surface area (Å²) in [6.07, 6.45) is 1.09. The van der Waals surface area contributed by atoms with Crippen molar-refractivity contribution in [2.24, 2.45) is 5.41 Å². The van der Waals surface area contributed by atoms with Gasteiger partial charge < -0.3 is 9.64 Å². The van der Waals surface area contributed by atoms with Crippen molar-refractivity contribution in [2.45, 2.75) is 46.3 Å². The van der Waals surface area contributed by atoms with E-state index in [1.807, 2.05) is 44.0 Å². The van der Waals surface area contributed by atoms with E-state index >= 15 is 0 Å². The van der Waals surface area contributed by atoms with Crippen LogP contribution in [0.25, 0.3) is 10.9 Å². The predicted molar refractivity (Wildman–Crippen MR) is 90.5 cm³/mol. The highest BCUT2D eigenvalue weighted by molar-refractivity contribution is 6.04. The maximum absolute atomic E-state index is 12.9. The third-order valence-corrected chi connectivity index (χ3v) is 5.20. The Morgan fingerprint density at radius 2 is 2.22 bits per heavy atom. The van der Waals surface area contributed by atoms with Gasteiger partial charge in [0.05, 0.1) is 11.6 Å². The van der Waals surface area contributed by atoms with E-state index in [0.29, 0.717) is 12.3 Å². The lowest BCUT2D eigenvalue weighted by Crippen LogP contribution is -2.62. The number of hydrogen-bond acceptors (Lipinski definition) is 3. The fourth-order valence-electron chi connectivity index (χ4n) is 3.61. The van der Waals surface area contributed by atoms with Crippen LogP contribution in [-0.4, -0.2) is 46.8 Å². The van der Waals surface area contributed by atoms with Crippen molar-refractivity contribution in [3.63, 3.8) is 0 Å². The van der Waals surface area contributed by atoms with Crippen LogP contribution in [0.4, 0.5) is 0 Å². The minimum Gasteiger partial charge on any atom is -0.378 e. The van der Waals surface area contributed by atoms with Crippen LogP contribution < -0.4 is 0 Å². The van der Waals surface area contributed by atoms with Gasteiger partial charge in [-0.1, -0.05) is 25.5 Å². The SMILES string of the molecule is CCO[C@@H]1C[C@H](N(C)C(=O)c2n[nH]c3ccc(C)cc23)C1(C)C. The zero-order valence-electron chi connectivity index (χ0n) is 14.5. The number of benzene rings is 1. The molecule has 23 heavy (non-hydrogen) atoms. The first-order valence-electron chi connectivity index (χ1n) is 8.19. The van der Waals surface area contributed by atoms with Gasteiger partial charge in [-0.05, 0) is 32.4 Å². The summed E-state index contributed by atoms with van der Waals surface area (Å²) in [4.78, 5) is 14.7. The van der Waals surface area contributed by atoms with Crippen LogP contribution in [0.1, 0.15) is 43.2 Å². The standard InChI is InChI=1S/C18H25N3O2/c1-6-23-15-10-14(18(15,3)4)21(5)17(22)16-12-9-11(2)7-8-13(12)19-20-16/h7-9,14-15H,6,10H2,1-5H3,(H,19,20)/t14-,15+/m0/s1. The molecule has 1 amide bonds. The average Bonchev–Trinajstić information content (AvgIpc) is 2.92. The Morgan fingerprint density at radius 3 is 2.87 bits per heavy atom. The number of aryl methyl sites for hydroxylation is 1. The summed E-state index contributed by atoms with van der Waals surface area (Å²) in [5.41, 5.74) is 2.48. The maximum Gasteiger partial charge on any atom is 0.275 e. The number of nitrogens with zero attached hydrogens (tertiary/aromatic N) is 2. The van der Waals surface area contributed by atoms with Crippen molar-refractivity contribution in [3.05, 3.63) is 29.5 Å². The van der Waals surface area contributed by atoms with Gasteiger partial charge >= 0.3 is 0 Å². The van der Waals surface area contributed by atoms with Crippen LogP contribution in [0.15, 0.2) is 18.2 Å². The molecule has 1 aliphatic carbocycles. The smallest absolute Gasteiger partial charge is 0.275 e. The monoisotopic (exact) mass is 315 g/mol. The zero-order valence-corrected chi connectivity index (χ0v) is 14.5. The Kier molecular flexibility index (Phi) is 3.92. The van der Waals surface area contributed by atoms with Gasteiger partial charge in [0.1, 0.15) is 0 Å². The number of nitrogens with one attached hydrogen (secondary N) is 1. The lowest BCUT2D eigenvalue weighted by atomic mass is 9.63. The molecule has 1 saturated carbocycles. The number of H-pyrrole nitrogens is 1. The van der Waals surface area contributed by atoms with Crippen molar-refractivity contribution in [3.8, 4) is 0 Å². The Balaban J connectivity index is 1.84. The molecule has 0 aliphatic heterocycles. The molecule has 0 unspecified atom stereocenters. The molecule has 1 aromatic carbocycles. The molecular formula is C18H25N3O2. The number of amides is 1. The predicted octanol–water partition coefficient (Wildman–Crippen LogP) is 3.15. The molecule has 1 aromatic heterocycles. The first-order chi connectivity index (χ1) is 10.9. The summed E-state index contributed by atoms with van der Waals surface area (Å²) in [5, 5.41) is 8.10. The molecule has 1 fully saturated rings. The van der Waals surface area contributed by atoms with E-state index in [9.17, 15) is 4.79 Å². The van der Waals surface area contributed by atoms with Gasteiger partial charge in [0.15, 0.2) is 5.69 Å². The van der Waals surface area contributed by atoms with E-state index in [1.165, 1.54) is 0 Å². The molecule has 2 atom stereocenters. The first-order valence-corrected chi connectivity index (χ1v) is 8.19. The number of aromatic amines is 1. The summed E-state index contributed by atoms with van der Waals surface area (Å²) in [5.74, 6) is -0.0325. The normalized spacial score (nSPS) is 22.8. The van der Waals surface area contributed by atoms with Gasteiger partial charge in [0.2, 0.25) is 0 Å². The summed E-state index contributed by atoms with van der Waals surface area (Å²) >= 11 is 0. The van der Waals surface area contributed by atoms with Crippen LogP contribution in [-0.2, 0) is 4.74 Å². The second-order valence-corrected chi connectivity index (χ2v) is 7.05. The number of aromatic nitrogens is 2. The quantitative estimate of drug-likeness (QED) is 0.943. The minimum atomic E-state index is -0.0392. The average molecular weight is 315 g/mol. The molecule has 124 valence electrons. The second-order valence-electron chi connectivity index (χ2n) is 7.05. The van der Waals surface area contributed by atoms with E-state index < -0.39 is 0 Å². The Bertz CT molecular complexity index is 735. The summed E-state index contributed by atoms with van der Waals surface area (Å²) in [6, 6.07) is 6.16. The van der Waals surface area contributed by atoms with Crippen LogP contribution in [0.2, 0.25) is 0 Å². The highest BCUT2D eigenvalue weighted by Gasteiger charge is 2.52. The van der Waals surface area contributed by atoms with Crippen molar-refractivity contribution in [1.82, 2.24) is 15.1 Å². The van der Waals surface area contributed by atoms with Crippen molar-refractivity contribution in [1.29, 1.82) is 0 Å². The molecule has 1 aliphatic rings. The second kappa shape index (κ2) is 5.64. The van der Waals surface area contributed by atoms with Gasteiger partial charge in [-0.3, -0.25) is 9.89 Å². The Labute approximate surface area is 137 Å². The molecule has 1 heterocycles. The molecule has 3 rings (SSSR count). The number of hydrogen-bond donors (Lipinski definition) is 1. The fraction of sp³-hybridized carbons (Fsp3) is 0.556. The minimum absolute atomic E-state index is 0.0325. The van der Waals surface area contributed by atoms with Crippen molar-refractivity contribution in [2.75, 3.05) is 13.7 Å². The Hall–Kier alpha value is -1.88. The van der Waals surface area contributed by atoms with E-state index in [2.05, 4.69) is 24.0 Å². The lowest BCUT2D eigenvalue weighted by Gasteiger charge is -2.54. The molecular weight excluding hydrogens is 290 g/mol. The van der Waals surface area contributed by atoms with Gasteiger partial charge in [-0.25, -0.2) is 0 Å². The van der Waals surface area contributed by atoms with E-state index in [1.54, 1.807) is 0 Å². The molecule has 5 nitrogen and oxygen atoms in total. The van der Waals surface area contributed by atoms with Crippen LogP contribution >= 0.6 is 0 Å². The van der Waals surface area contributed by atoms with Gasteiger partial charge in [0, 0.05) is 30.5 Å². The largest absolute Gasteiger partial charge is 0.378 e. The number of carbonyl (C=O) groups is 1. The highest BCUT2D eigenvalue weighted by atomic mass is 16.5. The van der Waals surface area contributed by atoms with E-state index in [-0.39, 0.29) is 23.5 Å². The number of rotatable bonds is 4. The molecule has 0 saturated heterocycles. The lowest BCUT2D eigenvalue weighted by molar-refractivity contribution is -0.136. The third-order valence-electron chi connectivity index (χ3n) is 5.20. The van der Waals surface area contributed by atoms with E-state index in [0.717, 1.165) is 22.9 Å². The topological polar surface area (TPSA) is 58.2 Å². The van der Waals surface area contributed by atoms with Crippen LogP contribution in [0, 0.1) is 12.3 Å². The molecule has 0 bridgehead atoms. The van der Waals surface area contributed by atoms with Crippen molar-refractivity contribution >= 4 is 16.8 Å². The summed E-state index contributed by atoms with van der Waals surface area (Å²) in [7, 11) is 1.87. The molecule has 1 N–H and O–H groups in total. The molecule has 2 aromatic rings. The number of ether oxygens (including phenoxy) is 1. The number of carbonyl (C=O) groups excluding carboxylic acids is 1. The highest BCUT2D eigenvalue weighted by Crippen LogP contribution is 2.45. The van der Waals surface area contributed by atoms with Gasteiger partial charge in [-0.15, -0.1) is 0 Å². The maximum atomic E-state index is 12.9. The van der Waals surface area contributed by atoms with Crippen molar-refractivity contribution < 1.29 is 9.53 Å². The van der Waals surface area contributed by atoms with Crippen LogP contribution in [0.3, 0.4) is 0 Å². The Morgan fingerprint density at radius 1 is 1.48 bits per heavy atom. The summed E-state index contributed by atoms with van der Waals surface area (Å²) in [6.45, 7) is 9.07. The molecule has 5 heteroatoms. The molecule has 0 spiro atoms. The first kappa shape index (κ1) is 16.0. The zero-order chi connectivity index (χ0) is 16.8. The van der Waals surface area contributed by atoms with Gasteiger partial charge in [-0.2, -0.15) is 5.10 Å². The van der Waals surface area contributed by atoms with Gasteiger partial charge in [0.25, 0.3) is 5.91 Å². The van der Waals surface area contributed by atoms with Crippen LogP contribution in [0.5, 0.6) is 0 Å². The fourth-order valence-corrected chi connectivity index (χ4v) is 3.61. The van der Waals surface area contributed by atoms with E-state index in [4.69, 9.17) is 4.74 Å². The third kappa shape index (κ3) is 2.53.